The Morgan fingerprint density at radius 2 is 1.79 bits per heavy atom. The Balaban J connectivity index is 0. The van der Waals surface area contributed by atoms with Crippen molar-refractivity contribution in [2.24, 2.45) is 0 Å². The smallest absolute Gasteiger partial charge is 0.550 e. The first-order chi connectivity index (χ1) is 6.02. The van der Waals surface area contributed by atoms with Crippen molar-refractivity contribution in [3.05, 3.63) is 0 Å². The van der Waals surface area contributed by atoms with Crippen molar-refractivity contribution in [2.45, 2.75) is 12.8 Å². The summed E-state index contributed by atoms with van der Waals surface area (Å²) < 4.78 is 0. The first kappa shape index (κ1) is 16.1. The Kier molecular flexibility index (Phi) is 10.6. The van der Waals surface area contributed by atoms with Crippen molar-refractivity contribution >= 4 is 55.6 Å². The second-order valence-electron chi connectivity index (χ2n) is 1.98. The van der Waals surface area contributed by atoms with Gasteiger partial charge in [-0.15, -0.1) is 0 Å². The molecule has 0 bridgehead atoms. The van der Waals surface area contributed by atoms with Gasteiger partial charge in [-0.1, -0.05) is 0 Å². The topological polar surface area (TPSA) is 113 Å². The van der Waals surface area contributed by atoms with Crippen LogP contribution in [0.5, 0.6) is 0 Å². The molecule has 0 aromatic carbocycles. The summed E-state index contributed by atoms with van der Waals surface area (Å²) in [6, 6.07) is 0. The third-order valence-corrected chi connectivity index (χ3v) is 0.868. The van der Waals surface area contributed by atoms with E-state index in [9.17, 15) is 19.5 Å². The number of carbonyl (C=O) groups excluding carboxylic acids is 2. The van der Waals surface area contributed by atoms with Gasteiger partial charge < -0.3 is 15.0 Å². The molecule has 7 nitrogen and oxygen atoms in total. The molecule has 0 aliphatic carbocycles. The molecule has 0 unspecified atom stereocenters. The van der Waals surface area contributed by atoms with Crippen molar-refractivity contribution in [1.29, 1.82) is 0 Å². The fourth-order valence-corrected chi connectivity index (χ4v) is 0.391. The summed E-state index contributed by atoms with van der Waals surface area (Å²) in [6.07, 6.45) is -0.906. The van der Waals surface area contributed by atoms with Crippen LogP contribution in [0.2, 0.25) is 0 Å². The molecular formula is C6H7CaO7+. The molecule has 74 valence electrons. The molecule has 0 radical (unpaired) electrons. The fraction of sp³-hybridized carbons (Fsp3) is 0.500. The van der Waals surface area contributed by atoms with E-state index >= 15 is 0 Å². The molecule has 1 N–H and O–H groups in total. The average Bonchev–Trinajstić information content (AvgIpc) is 2.00. The number of rotatable bonds is 6. The number of aliphatic carboxylic acids is 2. The zero-order valence-electron chi connectivity index (χ0n) is 7.23. The number of hydrogen-bond donors (Lipinski definition) is 1. The molecule has 0 aromatic rings. The van der Waals surface area contributed by atoms with Crippen molar-refractivity contribution in [3.8, 4) is 0 Å². The first-order valence-electron chi connectivity index (χ1n) is 3.26. The van der Waals surface area contributed by atoms with Crippen LogP contribution in [-0.4, -0.2) is 67.4 Å². The molecule has 0 saturated carbocycles. The van der Waals surface area contributed by atoms with Gasteiger partial charge in [-0.3, -0.25) is 4.89 Å². The number of carboxylic acids is 2. The van der Waals surface area contributed by atoms with Gasteiger partial charge in [0.1, 0.15) is 0 Å². The zero-order chi connectivity index (χ0) is 10.3. The van der Waals surface area contributed by atoms with Crippen LogP contribution in [0.4, 0.5) is 0 Å². The quantitative estimate of drug-likeness (QED) is 0.310. The molecular weight excluding hydrogens is 224 g/mol. The van der Waals surface area contributed by atoms with Gasteiger partial charge in [0.05, 0.1) is 6.42 Å². The summed E-state index contributed by atoms with van der Waals surface area (Å²) in [7, 11) is 0. The second-order valence-corrected chi connectivity index (χ2v) is 1.98. The van der Waals surface area contributed by atoms with Crippen LogP contribution in [0, 0.1) is 0 Å². The maximum absolute atomic E-state index is 10.5. The molecule has 14 heavy (non-hydrogen) atoms. The summed E-state index contributed by atoms with van der Waals surface area (Å²) in [5, 5.41) is 17.9. The maximum Gasteiger partial charge on any atom is 2.00 e. The molecule has 0 saturated heterocycles. The van der Waals surface area contributed by atoms with E-state index in [1.54, 1.807) is 0 Å². The standard InChI is InChI=1S/C6H8O7.Ca/c7-4(8)1-2-6(11)13-12-3-5(9)10;/h1-3H2,(H,7,8)(H,9,10);/q;+2/p-1. The molecule has 8 heteroatoms. The third-order valence-electron chi connectivity index (χ3n) is 0.868. The number of carboxylic acid groups (broad SMARTS) is 2. The van der Waals surface area contributed by atoms with Crippen molar-refractivity contribution in [1.82, 2.24) is 0 Å². The molecule has 0 aliphatic heterocycles. The SMILES string of the molecule is O=C([O-])CCC(=O)OOCC(=O)O.[Ca+2]. The maximum atomic E-state index is 10.5. The molecule has 0 aliphatic rings. The summed E-state index contributed by atoms with van der Waals surface area (Å²) in [6.45, 7) is -0.781. The van der Waals surface area contributed by atoms with E-state index in [2.05, 4.69) is 9.78 Å². The fourth-order valence-electron chi connectivity index (χ4n) is 0.391. The van der Waals surface area contributed by atoms with Gasteiger partial charge in [-0.05, 0) is 6.42 Å². The van der Waals surface area contributed by atoms with E-state index in [4.69, 9.17) is 5.11 Å². The van der Waals surface area contributed by atoms with E-state index < -0.39 is 37.4 Å². The summed E-state index contributed by atoms with van der Waals surface area (Å²) in [5.74, 6) is -3.65. The number of hydrogen-bond acceptors (Lipinski definition) is 6. The summed E-state index contributed by atoms with van der Waals surface area (Å²) >= 11 is 0. The van der Waals surface area contributed by atoms with Crippen molar-refractivity contribution in [3.63, 3.8) is 0 Å². The minimum atomic E-state index is -1.39. The second kappa shape index (κ2) is 9.20. The molecule has 0 amide bonds. The van der Waals surface area contributed by atoms with Crippen LogP contribution in [0.1, 0.15) is 12.8 Å². The molecule has 0 aromatic heterocycles. The van der Waals surface area contributed by atoms with Crippen LogP contribution < -0.4 is 5.11 Å². The van der Waals surface area contributed by atoms with Crippen LogP contribution in [-0.2, 0) is 24.2 Å². The predicted octanol–water partition coefficient (Wildman–Crippen LogP) is -2.30. The minimum Gasteiger partial charge on any atom is -0.550 e. The molecule has 0 fully saturated rings. The molecule has 0 spiro atoms. The van der Waals surface area contributed by atoms with Crippen molar-refractivity contribution < 1.29 is 34.4 Å². The van der Waals surface area contributed by atoms with Gasteiger partial charge in [0.2, 0.25) is 0 Å². The van der Waals surface area contributed by atoms with Gasteiger partial charge in [-0.2, -0.15) is 4.89 Å². The van der Waals surface area contributed by atoms with E-state index in [0.29, 0.717) is 0 Å². The summed E-state index contributed by atoms with van der Waals surface area (Å²) in [4.78, 5) is 38.0. The van der Waals surface area contributed by atoms with Gasteiger partial charge in [0, 0.05) is 5.97 Å². The largest absolute Gasteiger partial charge is 2.00 e. The van der Waals surface area contributed by atoms with Gasteiger partial charge in [0.25, 0.3) is 0 Å². The Morgan fingerprint density at radius 1 is 1.21 bits per heavy atom. The monoisotopic (exact) mass is 231 g/mol. The Bertz CT molecular complexity index is 214. The normalized spacial score (nSPS) is 8.57. The van der Waals surface area contributed by atoms with E-state index in [1.807, 2.05) is 0 Å². The van der Waals surface area contributed by atoms with Crippen molar-refractivity contribution in [2.75, 3.05) is 6.61 Å². The first-order valence-corrected chi connectivity index (χ1v) is 3.26. The molecule has 0 atom stereocenters. The van der Waals surface area contributed by atoms with Crippen LogP contribution >= 0.6 is 0 Å². The van der Waals surface area contributed by atoms with Gasteiger partial charge in [0.15, 0.2) is 6.61 Å². The number of carbonyl (C=O) groups is 3. The van der Waals surface area contributed by atoms with Crippen LogP contribution in [0.3, 0.4) is 0 Å². The van der Waals surface area contributed by atoms with Crippen LogP contribution in [0.25, 0.3) is 0 Å². The predicted molar refractivity (Wildman–Crippen MR) is 39.7 cm³/mol. The molecule has 0 heterocycles. The van der Waals surface area contributed by atoms with E-state index in [0.717, 1.165) is 0 Å². The zero-order valence-corrected chi connectivity index (χ0v) is 9.43. The average molecular weight is 231 g/mol. The Labute approximate surface area is 109 Å². The third kappa shape index (κ3) is 11.6. The summed E-state index contributed by atoms with van der Waals surface area (Å²) in [5.41, 5.74) is 0. The Morgan fingerprint density at radius 3 is 2.21 bits per heavy atom. The van der Waals surface area contributed by atoms with Crippen LogP contribution in [0.15, 0.2) is 0 Å². The van der Waals surface area contributed by atoms with Gasteiger partial charge >= 0.3 is 49.7 Å². The van der Waals surface area contributed by atoms with E-state index in [-0.39, 0.29) is 37.7 Å². The van der Waals surface area contributed by atoms with E-state index in [1.165, 1.54) is 0 Å². The molecule has 0 rings (SSSR count). The Hall–Kier alpha value is -0.370. The minimum absolute atomic E-state index is 0. The van der Waals surface area contributed by atoms with Gasteiger partial charge in [-0.25, -0.2) is 9.59 Å².